The highest BCUT2D eigenvalue weighted by atomic mass is 32.2. The molecule has 158 valence electrons. The molecular formula is C20H23N5O3S2. The molecule has 2 saturated heterocycles. The van der Waals surface area contributed by atoms with Crippen molar-refractivity contribution >= 4 is 51.7 Å². The highest BCUT2D eigenvalue weighted by molar-refractivity contribution is 8.26. The number of thioether (sulfide) groups is 1. The zero-order valence-corrected chi connectivity index (χ0v) is 18.5. The van der Waals surface area contributed by atoms with Gasteiger partial charge in [-0.05, 0) is 25.3 Å². The summed E-state index contributed by atoms with van der Waals surface area (Å²) in [5.74, 6) is 0.408. The van der Waals surface area contributed by atoms with Crippen molar-refractivity contribution in [3.8, 4) is 0 Å². The molecule has 0 saturated carbocycles. The monoisotopic (exact) mass is 445 g/mol. The number of hydrogen-bond acceptors (Lipinski definition) is 8. The van der Waals surface area contributed by atoms with Crippen LogP contribution < -0.4 is 10.5 Å². The molecule has 0 bridgehead atoms. The van der Waals surface area contributed by atoms with Crippen molar-refractivity contribution in [2.24, 2.45) is 0 Å². The van der Waals surface area contributed by atoms with Gasteiger partial charge in [0.05, 0.1) is 23.6 Å². The lowest BCUT2D eigenvalue weighted by molar-refractivity contribution is -0.122. The number of carbonyl (C=O) groups is 1. The van der Waals surface area contributed by atoms with Gasteiger partial charge in [-0.15, -0.1) is 0 Å². The number of hydrogen-bond donors (Lipinski definition) is 0. The van der Waals surface area contributed by atoms with Crippen LogP contribution in [-0.4, -0.2) is 82.9 Å². The summed E-state index contributed by atoms with van der Waals surface area (Å²) in [6.07, 6.45) is 3.34. The van der Waals surface area contributed by atoms with E-state index in [2.05, 4.69) is 16.8 Å². The molecule has 2 fully saturated rings. The third-order valence-corrected chi connectivity index (χ3v) is 6.60. The molecule has 10 heteroatoms. The summed E-state index contributed by atoms with van der Waals surface area (Å²) < 4.78 is 7.05. The predicted molar refractivity (Wildman–Crippen MR) is 123 cm³/mol. The molecule has 0 N–H and O–H groups in total. The van der Waals surface area contributed by atoms with Crippen LogP contribution in [0, 0.1) is 0 Å². The first-order chi connectivity index (χ1) is 14.5. The summed E-state index contributed by atoms with van der Waals surface area (Å²) in [7, 11) is 3.66. The van der Waals surface area contributed by atoms with Gasteiger partial charge < -0.3 is 14.5 Å². The zero-order chi connectivity index (χ0) is 21.3. The Bertz CT molecular complexity index is 1080. The number of anilines is 1. The highest BCUT2D eigenvalue weighted by Crippen LogP contribution is 2.33. The molecule has 2 aromatic rings. The molecule has 0 aliphatic carbocycles. The number of likely N-dealkylation sites (N-methyl/N-ethyl adjacent to an activating group) is 1. The molecule has 0 atom stereocenters. The molecule has 2 aromatic heterocycles. The second-order valence-corrected chi connectivity index (χ2v) is 8.88. The predicted octanol–water partition coefficient (Wildman–Crippen LogP) is 1.29. The summed E-state index contributed by atoms with van der Waals surface area (Å²) in [6.45, 7) is 4.08. The Balaban J connectivity index is 1.79. The van der Waals surface area contributed by atoms with E-state index >= 15 is 0 Å². The maximum absolute atomic E-state index is 13.3. The number of ether oxygens (including phenoxy) is 1. The average Bonchev–Trinajstić information content (AvgIpc) is 3.01. The van der Waals surface area contributed by atoms with Crippen molar-refractivity contribution in [2.75, 3.05) is 58.4 Å². The third-order valence-electron chi connectivity index (χ3n) is 5.22. The number of rotatable bonds is 5. The van der Waals surface area contributed by atoms with Crippen molar-refractivity contribution in [3.63, 3.8) is 0 Å². The average molecular weight is 446 g/mol. The molecule has 1 amide bonds. The number of thiocarbonyl (C=S) groups is 1. The van der Waals surface area contributed by atoms with Crippen molar-refractivity contribution in [2.45, 2.75) is 0 Å². The van der Waals surface area contributed by atoms with E-state index < -0.39 is 0 Å². The lowest BCUT2D eigenvalue weighted by Gasteiger charge is -2.34. The van der Waals surface area contributed by atoms with E-state index in [1.165, 1.54) is 21.1 Å². The molecule has 4 heterocycles. The molecule has 2 aliphatic heterocycles. The Hall–Kier alpha value is -2.27. The SMILES string of the molecule is COCCN1C(=O)/C(=C\c2c(N3CCN(C)CC3)nc3ccccn3c2=O)SC1=S. The molecule has 8 nitrogen and oxygen atoms in total. The molecule has 0 radical (unpaired) electrons. The molecule has 0 unspecified atom stereocenters. The minimum Gasteiger partial charge on any atom is -0.383 e. The van der Waals surface area contributed by atoms with Gasteiger partial charge in [0.2, 0.25) is 0 Å². The molecule has 0 aromatic carbocycles. The Morgan fingerprint density at radius 2 is 2.00 bits per heavy atom. The molecule has 4 rings (SSSR count). The molecule has 2 aliphatic rings. The molecule has 30 heavy (non-hydrogen) atoms. The summed E-state index contributed by atoms with van der Waals surface area (Å²) >= 11 is 6.57. The first-order valence-corrected chi connectivity index (χ1v) is 10.9. The number of piperazine rings is 1. The van der Waals surface area contributed by atoms with Crippen LogP contribution in [0.5, 0.6) is 0 Å². The zero-order valence-electron chi connectivity index (χ0n) is 16.9. The van der Waals surface area contributed by atoms with Gasteiger partial charge in [-0.3, -0.25) is 18.9 Å². The number of pyridine rings is 1. The molecular weight excluding hydrogens is 422 g/mol. The van der Waals surface area contributed by atoms with Crippen LogP contribution in [0.25, 0.3) is 11.7 Å². The quantitative estimate of drug-likeness (QED) is 0.504. The maximum atomic E-state index is 13.3. The van der Waals surface area contributed by atoms with Gasteiger partial charge in [0.15, 0.2) is 0 Å². The van der Waals surface area contributed by atoms with E-state index in [0.29, 0.717) is 39.4 Å². The Morgan fingerprint density at radius 3 is 2.73 bits per heavy atom. The first kappa shape index (κ1) is 21.0. The number of amides is 1. The van der Waals surface area contributed by atoms with E-state index in [1.54, 1.807) is 25.4 Å². The largest absolute Gasteiger partial charge is 0.383 e. The van der Waals surface area contributed by atoms with Gasteiger partial charge in [-0.25, -0.2) is 4.98 Å². The maximum Gasteiger partial charge on any atom is 0.267 e. The lowest BCUT2D eigenvalue weighted by atomic mass is 10.2. The van der Waals surface area contributed by atoms with Crippen molar-refractivity contribution in [3.05, 3.63) is 45.2 Å². The van der Waals surface area contributed by atoms with Gasteiger partial charge in [-0.1, -0.05) is 30.0 Å². The van der Waals surface area contributed by atoms with Gasteiger partial charge in [0, 0.05) is 39.5 Å². The first-order valence-electron chi connectivity index (χ1n) is 9.69. The standard InChI is InChI=1S/C20H23N5O3S2/c1-22-7-9-23(10-8-22)17-14(18(26)24-6-4-3-5-16(24)21-17)13-15-19(27)25(11-12-28-2)20(29)30-15/h3-6,13H,7-12H2,1-2H3/b15-13+. The topological polar surface area (TPSA) is 70.4 Å². The van der Waals surface area contributed by atoms with Crippen molar-refractivity contribution in [1.82, 2.24) is 19.2 Å². The smallest absolute Gasteiger partial charge is 0.267 e. The van der Waals surface area contributed by atoms with Crippen LogP contribution in [-0.2, 0) is 9.53 Å². The van der Waals surface area contributed by atoms with Crippen LogP contribution in [0.3, 0.4) is 0 Å². The Labute approximate surface area is 184 Å². The summed E-state index contributed by atoms with van der Waals surface area (Å²) in [5, 5.41) is 0. The van der Waals surface area contributed by atoms with Crippen LogP contribution in [0.4, 0.5) is 5.82 Å². The lowest BCUT2D eigenvalue weighted by Crippen LogP contribution is -2.45. The van der Waals surface area contributed by atoms with Crippen molar-refractivity contribution in [1.29, 1.82) is 0 Å². The van der Waals surface area contributed by atoms with Gasteiger partial charge in [0.25, 0.3) is 11.5 Å². The van der Waals surface area contributed by atoms with Crippen LogP contribution in [0.15, 0.2) is 34.1 Å². The number of aromatic nitrogens is 2. The van der Waals surface area contributed by atoms with Gasteiger partial charge in [0.1, 0.15) is 15.8 Å². The van der Waals surface area contributed by atoms with E-state index in [4.69, 9.17) is 21.9 Å². The fraction of sp³-hybridized carbons (Fsp3) is 0.400. The third kappa shape index (κ3) is 4.00. The number of fused-ring (bicyclic) bond motifs is 1. The number of methoxy groups -OCH3 is 1. The van der Waals surface area contributed by atoms with E-state index in [9.17, 15) is 9.59 Å². The fourth-order valence-corrected chi connectivity index (χ4v) is 4.77. The Morgan fingerprint density at radius 1 is 1.23 bits per heavy atom. The minimum absolute atomic E-state index is 0.198. The summed E-state index contributed by atoms with van der Waals surface area (Å²) in [4.78, 5) is 37.3. The van der Waals surface area contributed by atoms with Crippen LogP contribution in [0.2, 0.25) is 0 Å². The van der Waals surface area contributed by atoms with Gasteiger partial charge in [-0.2, -0.15) is 0 Å². The fourth-order valence-electron chi connectivity index (χ4n) is 3.48. The van der Waals surface area contributed by atoms with Crippen LogP contribution >= 0.6 is 24.0 Å². The highest BCUT2D eigenvalue weighted by Gasteiger charge is 2.32. The summed E-state index contributed by atoms with van der Waals surface area (Å²) in [6, 6.07) is 5.46. The summed E-state index contributed by atoms with van der Waals surface area (Å²) in [5.41, 5.74) is 0.799. The number of nitrogens with zero attached hydrogens (tertiary/aromatic N) is 5. The van der Waals surface area contributed by atoms with E-state index in [0.717, 1.165) is 26.2 Å². The second kappa shape index (κ2) is 8.84. The van der Waals surface area contributed by atoms with E-state index in [1.807, 2.05) is 12.1 Å². The second-order valence-electron chi connectivity index (χ2n) is 7.20. The van der Waals surface area contributed by atoms with Gasteiger partial charge >= 0.3 is 0 Å². The van der Waals surface area contributed by atoms with Crippen LogP contribution in [0.1, 0.15) is 5.56 Å². The Kier molecular flexibility index (Phi) is 6.19. The van der Waals surface area contributed by atoms with E-state index in [-0.39, 0.29) is 11.5 Å². The number of carbonyl (C=O) groups excluding carboxylic acids is 1. The normalized spacial score (nSPS) is 19.5. The molecule has 0 spiro atoms. The van der Waals surface area contributed by atoms with Crippen molar-refractivity contribution < 1.29 is 9.53 Å². The minimum atomic E-state index is -0.205.